The summed E-state index contributed by atoms with van der Waals surface area (Å²) in [7, 11) is 0. The Morgan fingerprint density at radius 1 is 1.40 bits per heavy atom. The second kappa shape index (κ2) is 8.25. The van der Waals surface area contributed by atoms with Gasteiger partial charge >= 0.3 is 5.97 Å². The number of hydrogen-bond acceptors (Lipinski definition) is 3. The zero-order valence-electron chi connectivity index (χ0n) is 12.3. The Morgan fingerprint density at radius 2 is 2.10 bits per heavy atom. The van der Waals surface area contributed by atoms with Gasteiger partial charge in [0.05, 0.1) is 18.7 Å². The molecule has 0 aliphatic carbocycles. The molecule has 1 rings (SSSR count). The molecular formula is C16H23NO3. The molecule has 0 spiro atoms. The van der Waals surface area contributed by atoms with Crippen LogP contribution in [0.15, 0.2) is 36.4 Å². The third kappa shape index (κ3) is 5.34. The molecule has 0 aliphatic rings. The molecule has 0 aliphatic heterocycles. The van der Waals surface area contributed by atoms with Crippen molar-refractivity contribution in [3.05, 3.63) is 36.4 Å². The van der Waals surface area contributed by atoms with Crippen LogP contribution in [0.1, 0.15) is 26.7 Å². The van der Waals surface area contributed by atoms with Crippen molar-refractivity contribution in [2.75, 3.05) is 24.6 Å². The number of nitrogens with zero attached hydrogens (tertiary/aromatic N) is 1. The van der Waals surface area contributed by atoms with Gasteiger partial charge in [-0.1, -0.05) is 31.2 Å². The molecule has 4 heteroatoms. The lowest BCUT2D eigenvalue weighted by atomic mass is 10.2. The van der Waals surface area contributed by atoms with E-state index in [9.17, 15) is 4.79 Å². The molecule has 0 radical (unpaired) electrons. The molecule has 1 aromatic rings. The van der Waals surface area contributed by atoms with E-state index in [4.69, 9.17) is 9.84 Å². The minimum atomic E-state index is -0.802. The molecule has 0 fully saturated rings. The van der Waals surface area contributed by atoms with Crippen molar-refractivity contribution in [1.29, 1.82) is 0 Å². The minimum absolute atomic E-state index is 0.0927. The average molecular weight is 277 g/mol. The van der Waals surface area contributed by atoms with Gasteiger partial charge in [-0.3, -0.25) is 4.79 Å². The first-order chi connectivity index (χ1) is 9.54. The number of anilines is 1. The first-order valence-corrected chi connectivity index (χ1v) is 6.87. The Hall–Kier alpha value is -1.97. The largest absolute Gasteiger partial charge is 0.491 e. The van der Waals surface area contributed by atoms with Gasteiger partial charge in [-0.25, -0.2) is 0 Å². The van der Waals surface area contributed by atoms with Gasteiger partial charge in [-0.2, -0.15) is 0 Å². The monoisotopic (exact) mass is 277 g/mol. The fourth-order valence-corrected chi connectivity index (χ4v) is 1.89. The number of carboxylic acid groups (broad SMARTS) is 1. The fourth-order valence-electron chi connectivity index (χ4n) is 1.89. The minimum Gasteiger partial charge on any atom is -0.491 e. The lowest BCUT2D eigenvalue weighted by Crippen LogP contribution is -2.28. The highest BCUT2D eigenvalue weighted by Crippen LogP contribution is 2.28. The van der Waals surface area contributed by atoms with Crippen molar-refractivity contribution < 1.29 is 14.6 Å². The Bertz CT molecular complexity index is 457. The standard InChI is InChI=1S/C16H23NO3/c1-4-11-20-15-8-6-5-7-14(15)17(12-13(2)3)10-9-16(18)19/h5-8H,2,4,9-12H2,1,3H3,(H,18,19). The zero-order chi connectivity index (χ0) is 15.0. The summed E-state index contributed by atoms with van der Waals surface area (Å²) in [5, 5.41) is 8.87. The van der Waals surface area contributed by atoms with Crippen LogP contribution in [0.2, 0.25) is 0 Å². The summed E-state index contributed by atoms with van der Waals surface area (Å²) in [6, 6.07) is 7.72. The Labute approximate surface area is 120 Å². The van der Waals surface area contributed by atoms with Gasteiger partial charge in [-0.15, -0.1) is 0 Å². The van der Waals surface area contributed by atoms with Gasteiger partial charge in [0, 0.05) is 13.1 Å². The molecule has 0 bridgehead atoms. The van der Waals surface area contributed by atoms with E-state index in [1.54, 1.807) is 0 Å². The van der Waals surface area contributed by atoms with Crippen LogP contribution in [0.5, 0.6) is 5.75 Å². The number of rotatable bonds is 9. The number of carboxylic acids is 1. The topological polar surface area (TPSA) is 49.8 Å². The number of para-hydroxylation sites is 2. The SMILES string of the molecule is C=C(C)CN(CCC(=O)O)c1ccccc1OCCC. The van der Waals surface area contributed by atoms with E-state index in [2.05, 4.69) is 13.5 Å². The third-order valence-corrected chi connectivity index (χ3v) is 2.72. The van der Waals surface area contributed by atoms with E-state index < -0.39 is 5.97 Å². The Morgan fingerprint density at radius 3 is 2.70 bits per heavy atom. The van der Waals surface area contributed by atoms with Crippen LogP contribution >= 0.6 is 0 Å². The molecule has 0 saturated heterocycles. The van der Waals surface area contributed by atoms with Gasteiger partial charge < -0.3 is 14.7 Å². The summed E-state index contributed by atoms with van der Waals surface area (Å²) in [6.45, 7) is 9.61. The highest BCUT2D eigenvalue weighted by Gasteiger charge is 2.13. The molecule has 4 nitrogen and oxygen atoms in total. The first kappa shape index (κ1) is 16.1. The van der Waals surface area contributed by atoms with E-state index >= 15 is 0 Å². The van der Waals surface area contributed by atoms with Crippen LogP contribution in [0.25, 0.3) is 0 Å². The molecule has 0 saturated carbocycles. The second-order valence-electron chi connectivity index (χ2n) is 4.84. The number of aliphatic carboxylic acids is 1. The van der Waals surface area contributed by atoms with Crippen molar-refractivity contribution in [3.63, 3.8) is 0 Å². The van der Waals surface area contributed by atoms with E-state index in [0.29, 0.717) is 19.7 Å². The first-order valence-electron chi connectivity index (χ1n) is 6.87. The van der Waals surface area contributed by atoms with Crippen molar-refractivity contribution >= 4 is 11.7 Å². The molecule has 0 amide bonds. The number of carbonyl (C=O) groups is 1. The predicted octanol–water partition coefficient (Wildman–Crippen LogP) is 3.33. The molecule has 0 heterocycles. The quantitative estimate of drug-likeness (QED) is 0.703. The van der Waals surface area contributed by atoms with Crippen LogP contribution < -0.4 is 9.64 Å². The van der Waals surface area contributed by atoms with Crippen molar-refractivity contribution in [2.45, 2.75) is 26.7 Å². The molecule has 0 aromatic heterocycles. The maximum absolute atomic E-state index is 10.8. The summed E-state index contributed by atoms with van der Waals surface area (Å²) in [5.74, 6) is -0.00957. The lowest BCUT2D eigenvalue weighted by molar-refractivity contribution is -0.136. The smallest absolute Gasteiger partial charge is 0.305 e. The van der Waals surface area contributed by atoms with Crippen molar-refractivity contribution in [2.24, 2.45) is 0 Å². The van der Waals surface area contributed by atoms with Crippen molar-refractivity contribution in [3.8, 4) is 5.75 Å². The predicted molar refractivity (Wildman–Crippen MR) is 81.5 cm³/mol. The van der Waals surface area contributed by atoms with E-state index in [-0.39, 0.29) is 6.42 Å². The highest BCUT2D eigenvalue weighted by molar-refractivity contribution is 5.68. The molecular weight excluding hydrogens is 254 g/mol. The van der Waals surface area contributed by atoms with Gasteiger partial charge in [0.1, 0.15) is 5.75 Å². The summed E-state index contributed by atoms with van der Waals surface area (Å²) in [4.78, 5) is 12.8. The van der Waals surface area contributed by atoms with Crippen LogP contribution in [0.3, 0.4) is 0 Å². The van der Waals surface area contributed by atoms with Gasteiger partial charge in [-0.05, 0) is 25.5 Å². The maximum atomic E-state index is 10.8. The van der Waals surface area contributed by atoms with Gasteiger partial charge in [0.2, 0.25) is 0 Å². The molecule has 110 valence electrons. The highest BCUT2D eigenvalue weighted by atomic mass is 16.5. The zero-order valence-corrected chi connectivity index (χ0v) is 12.3. The lowest BCUT2D eigenvalue weighted by Gasteiger charge is -2.26. The van der Waals surface area contributed by atoms with Crippen LogP contribution in [-0.2, 0) is 4.79 Å². The number of benzene rings is 1. The molecule has 1 N–H and O–H groups in total. The number of hydrogen-bond donors (Lipinski definition) is 1. The average Bonchev–Trinajstić information content (AvgIpc) is 2.41. The Kier molecular flexibility index (Phi) is 6.64. The fraction of sp³-hybridized carbons (Fsp3) is 0.438. The normalized spacial score (nSPS) is 10.1. The van der Waals surface area contributed by atoms with E-state index in [1.165, 1.54) is 0 Å². The number of ether oxygens (including phenoxy) is 1. The Balaban J connectivity index is 2.92. The molecule has 0 unspecified atom stereocenters. The van der Waals surface area contributed by atoms with E-state index in [1.807, 2.05) is 36.1 Å². The maximum Gasteiger partial charge on any atom is 0.305 e. The third-order valence-electron chi connectivity index (χ3n) is 2.72. The van der Waals surface area contributed by atoms with E-state index in [0.717, 1.165) is 23.4 Å². The summed E-state index contributed by atoms with van der Waals surface area (Å²) in [6.07, 6.45) is 1.03. The molecule has 1 aromatic carbocycles. The van der Waals surface area contributed by atoms with Gasteiger partial charge in [0.25, 0.3) is 0 Å². The van der Waals surface area contributed by atoms with Gasteiger partial charge in [0.15, 0.2) is 0 Å². The van der Waals surface area contributed by atoms with Crippen LogP contribution in [0.4, 0.5) is 5.69 Å². The summed E-state index contributed by atoms with van der Waals surface area (Å²) >= 11 is 0. The second-order valence-corrected chi connectivity index (χ2v) is 4.84. The molecule has 0 atom stereocenters. The summed E-state index contributed by atoms with van der Waals surface area (Å²) in [5.41, 5.74) is 1.91. The van der Waals surface area contributed by atoms with Crippen LogP contribution in [-0.4, -0.2) is 30.8 Å². The van der Waals surface area contributed by atoms with Crippen molar-refractivity contribution in [1.82, 2.24) is 0 Å². The van der Waals surface area contributed by atoms with Crippen LogP contribution in [0, 0.1) is 0 Å². The molecule has 20 heavy (non-hydrogen) atoms. The summed E-state index contributed by atoms with van der Waals surface area (Å²) < 4.78 is 5.74.